The topological polar surface area (TPSA) is 95.3 Å². The molecule has 1 aromatic carbocycles. The molecule has 0 aliphatic carbocycles. The third-order valence-corrected chi connectivity index (χ3v) is 4.90. The van der Waals surface area contributed by atoms with Crippen molar-refractivity contribution in [1.82, 2.24) is 30.1 Å². The number of likely N-dealkylation sites (tertiary alicyclic amines) is 1. The summed E-state index contributed by atoms with van der Waals surface area (Å²) >= 11 is 0. The fraction of sp³-hybridized carbons (Fsp3) is 0.350. The van der Waals surface area contributed by atoms with Crippen molar-refractivity contribution in [1.29, 1.82) is 0 Å². The van der Waals surface area contributed by atoms with Crippen molar-refractivity contribution in [3.05, 3.63) is 53.3 Å². The highest BCUT2D eigenvalue weighted by Crippen LogP contribution is 2.22. The van der Waals surface area contributed by atoms with Gasteiger partial charge in [0.15, 0.2) is 0 Å². The molecule has 11 heteroatoms. The average Bonchev–Trinajstić information content (AvgIpc) is 3.10. The maximum atomic E-state index is 12.8. The van der Waals surface area contributed by atoms with Gasteiger partial charge < -0.3 is 14.4 Å². The molecule has 162 valence electrons. The Kier molecular flexibility index (Phi) is 5.74. The van der Waals surface area contributed by atoms with Crippen molar-refractivity contribution in [3.8, 4) is 17.4 Å². The maximum absolute atomic E-state index is 12.8. The third kappa shape index (κ3) is 4.60. The lowest BCUT2D eigenvalue weighted by Gasteiger charge is -2.37. The number of hydrogen-bond acceptors (Lipinski definition) is 7. The fourth-order valence-electron chi connectivity index (χ4n) is 3.04. The van der Waals surface area contributed by atoms with Crippen LogP contribution in [0, 0.1) is 6.92 Å². The van der Waals surface area contributed by atoms with Gasteiger partial charge in [-0.25, -0.2) is 13.5 Å². The second-order valence-electron chi connectivity index (χ2n) is 7.09. The summed E-state index contributed by atoms with van der Waals surface area (Å²) in [5.74, 6) is 0.651. The highest BCUT2D eigenvalue weighted by molar-refractivity contribution is 5.74. The predicted molar refractivity (Wildman–Crippen MR) is 104 cm³/mol. The summed E-state index contributed by atoms with van der Waals surface area (Å²) in [7, 11) is 0. The highest BCUT2D eigenvalue weighted by Gasteiger charge is 2.30. The molecular weight excluding hydrogens is 410 g/mol. The van der Waals surface area contributed by atoms with E-state index in [1.165, 1.54) is 23.7 Å². The van der Waals surface area contributed by atoms with Crippen molar-refractivity contribution in [2.45, 2.75) is 33.0 Å². The summed E-state index contributed by atoms with van der Waals surface area (Å²) in [5, 5.41) is 16.1. The summed E-state index contributed by atoms with van der Waals surface area (Å²) in [6.45, 7) is 4.47. The second-order valence-corrected chi connectivity index (χ2v) is 7.09. The van der Waals surface area contributed by atoms with E-state index in [-0.39, 0.29) is 30.1 Å². The summed E-state index contributed by atoms with van der Waals surface area (Å²) in [6, 6.07) is 9.08. The number of aromatic nitrogens is 5. The normalized spacial score (nSPS) is 13.9. The van der Waals surface area contributed by atoms with Crippen LogP contribution in [0.2, 0.25) is 0 Å². The molecule has 31 heavy (non-hydrogen) atoms. The molecule has 1 aliphatic rings. The van der Waals surface area contributed by atoms with Gasteiger partial charge in [0, 0.05) is 24.6 Å². The molecule has 1 aliphatic heterocycles. The van der Waals surface area contributed by atoms with Crippen LogP contribution in [-0.2, 0) is 11.4 Å². The Bertz CT molecular complexity index is 1050. The molecule has 1 saturated heterocycles. The smallest absolute Gasteiger partial charge is 0.263 e. The number of hydrogen-bond donors (Lipinski definition) is 0. The first-order valence-corrected chi connectivity index (χ1v) is 9.59. The third-order valence-electron chi connectivity index (χ3n) is 4.90. The van der Waals surface area contributed by atoms with Gasteiger partial charge in [0.25, 0.3) is 6.43 Å². The zero-order valence-corrected chi connectivity index (χ0v) is 16.9. The van der Waals surface area contributed by atoms with Crippen LogP contribution in [0.15, 0.2) is 36.4 Å². The average molecular weight is 430 g/mol. The van der Waals surface area contributed by atoms with Gasteiger partial charge in [-0.15, -0.1) is 15.3 Å². The molecule has 9 nitrogen and oxygen atoms in total. The van der Waals surface area contributed by atoms with E-state index in [2.05, 4.69) is 20.5 Å². The van der Waals surface area contributed by atoms with E-state index in [4.69, 9.17) is 9.47 Å². The number of benzene rings is 1. The van der Waals surface area contributed by atoms with Crippen LogP contribution in [-0.4, -0.2) is 55.2 Å². The lowest BCUT2D eigenvalue weighted by molar-refractivity contribution is -0.137. The molecule has 0 unspecified atom stereocenters. The van der Waals surface area contributed by atoms with Gasteiger partial charge in [-0.1, -0.05) is 17.3 Å². The maximum Gasteiger partial charge on any atom is 0.263 e. The van der Waals surface area contributed by atoms with Gasteiger partial charge in [0.05, 0.1) is 24.5 Å². The van der Waals surface area contributed by atoms with Crippen LogP contribution in [0.3, 0.4) is 0 Å². The molecule has 3 heterocycles. The number of halogens is 2. The molecule has 1 amide bonds. The van der Waals surface area contributed by atoms with Gasteiger partial charge in [0.2, 0.25) is 17.7 Å². The number of amides is 1. The zero-order chi connectivity index (χ0) is 22.0. The van der Waals surface area contributed by atoms with Crippen molar-refractivity contribution in [2.24, 2.45) is 0 Å². The number of carbonyl (C=O) groups excluding carboxylic acids is 1. The van der Waals surface area contributed by atoms with E-state index < -0.39 is 6.43 Å². The minimum absolute atomic E-state index is 0.0173. The Labute approximate surface area is 176 Å². The number of aryl methyl sites for hydroxylation is 1. The number of nitrogens with zero attached hydrogens (tertiary/aromatic N) is 6. The standard InChI is InChI=1S/C20H20F2N6O3/c1-12-17(28(26-23-12)15-5-3-14(4-6-15)20(21)22)11-30-18-7-8-19(25-24-18)31-16-9-27(10-16)13(2)29/h3-8,16,20H,9-11H2,1-2H3. The van der Waals surface area contributed by atoms with Crippen molar-refractivity contribution >= 4 is 5.91 Å². The molecule has 0 bridgehead atoms. The summed E-state index contributed by atoms with van der Waals surface area (Å²) in [6.07, 6.45) is -2.62. The second kappa shape index (κ2) is 8.62. The Morgan fingerprint density at radius 2 is 1.77 bits per heavy atom. The Morgan fingerprint density at radius 1 is 1.10 bits per heavy atom. The van der Waals surface area contributed by atoms with Crippen LogP contribution in [0.1, 0.15) is 30.3 Å². The van der Waals surface area contributed by atoms with E-state index in [9.17, 15) is 13.6 Å². The number of carbonyl (C=O) groups is 1. The zero-order valence-electron chi connectivity index (χ0n) is 16.9. The largest absolute Gasteiger partial charge is 0.470 e. The Balaban J connectivity index is 1.37. The van der Waals surface area contributed by atoms with E-state index in [1.807, 2.05) is 0 Å². The monoisotopic (exact) mass is 430 g/mol. The summed E-state index contributed by atoms with van der Waals surface area (Å²) in [5.41, 5.74) is 1.84. The minimum Gasteiger partial charge on any atom is -0.470 e. The van der Waals surface area contributed by atoms with Gasteiger partial charge in [-0.2, -0.15) is 0 Å². The first-order valence-electron chi connectivity index (χ1n) is 9.59. The quantitative estimate of drug-likeness (QED) is 0.568. The molecule has 2 aromatic heterocycles. The van der Waals surface area contributed by atoms with E-state index >= 15 is 0 Å². The van der Waals surface area contributed by atoms with Gasteiger partial charge >= 0.3 is 0 Å². The van der Waals surface area contributed by atoms with Crippen LogP contribution in [0.25, 0.3) is 5.69 Å². The molecule has 0 atom stereocenters. The predicted octanol–water partition coefficient (Wildman–Crippen LogP) is 2.49. The molecule has 0 saturated carbocycles. The highest BCUT2D eigenvalue weighted by atomic mass is 19.3. The molecule has 3 aromatic rings. The van der Waals surface area contributed by atoms with Gasteiger partial charge in [-0.3, -0.25) is 4.79 Å². The molecule has 0 radical (unpaired) electrons. The molecule has 0 N–H and O–H groups in total. The fourth-order valence-corrected chi connectivity index (χ4v) is 3.04. The van der Waals surface area contributed by atoms with Gasteiger partial charge in [0.1, 0.15) is 18.4 Å². The molecule has 1 fully saturated rings. The van der Waals surface area contributed by atoms with Gasteiger partial charge in [-0.05, 0) is 19.1 Å². The van der Waals surface area contributed by atoms with Crippen LogP contribution in [0.4, 0.5) is 8.78 Å². The summed E-state index contributed by atoms with van der Waals surface area (Å²) < 4.78 is 38.4. The Hall–Kier alpha value is -3.63. The molecule has 0 spiro atoms. The van der Waals surface area contributed by atoms with Crippen molar-refractivity contribution < 1.29 is 23.0 Å². The number of rotatable bonds is 7. The SMILES string of the molecule is CC(=O)N1CC(Oc2ccc(OCc3c(C)nnn3-c3ccc(C(F)F)cc3)nn2)C1. The lowest BCUT2D eigenvalue weighted by Crippen LogP contribution is -2.55. The van der Waals surface area contributed by atoms with Crippen LogP contribution < -0.4 is 9.47 Å². The molecular formula is C20H20F2N6O3. The summed E-state index contributed by atoms with van der Waals surface area (Å²) in [4.78, 5) is 12.9. The van der Waals surface area contributed by atoms with E-state index in [0.717, 1.165) is 0 Å². The van der Waals surface area contributed by atoms with Crippen LogP contribution >= 0.6 is 0 Å². The van der Waals surface area contributed by atoms with Crippen LogP contribution in [0.5, 0.6) is 11.8 Å². The Morgan fingerprint density at radius 3 is 2.39 bits per heavy atom. The minimum atomic E-state index is -2.53. The first kappa shape index (κ1) is 20.6. The van der Waals surface area contributed by atoms with E-state index in [0.29, 0.717) is 36.0 Å². The number of alkyl halides is 2. The van der Waals surface area contributed by atoms with Crippen molar-refractivity contribution in [2.75, 3.05) is 13.1 Å². The lowest BCUT2D eigenvalue weighted by atomic mass is 10.2. The van der Waals surface area contributed by atoms with Crippen molar-refractivity contribution in [3.63, 3.8) is 0 Å². The van der Waals surface area contributed by atoms with E-state index in [1.54, 1.807) is 36.1 Å². The number of ether oxygens (including phenoxy) is 2. The molecule has 4 rings (SSSR count). The first-order chi connectivity index (χ1) is 14.9.